The summed E-state index contributed by atoms with van der Waals surface area (Å²) in [5, 5.41) is 11.8. The Labute approximate surface area is 154 Å². The molecule has 0 saturated carbocycles. The van der Waals surface area contributed by atoms with Gasteiger partial charge in [0.2, 0.25) is 0 Å². The maximum Gasteiger partial charge on any atom is 0.122 e. The average molecular weight is 355 g/mol. The molecule has 2 nitrogen and oxygen atoms in total. The summed E-state index contributed by atoms with van der Waals surface area (Å²) in [4.78, 5) is 4.68. The van der Waals surface area contributed by atoms with Crippen LogP contribution in [-0.4, -0.2) is 16.9 Å². The number of para-hydroxylation sites is 1. The third kappa shape index (κ3) is 4.92. The maximum atomic E-state index is 10.6. The van der Waals surface area contributed by atoms with Crippen molar-refractivity contribution < 1.29 is 5.11 Å². The van der Waals surface area contributed by atoms with Crippen molar-refractivity contribution in [3.63, 3.8) is 0 Å². The number of hydrogen-bond acceptors (Lipinski definition) is 2. The molecule has 25 heavy (non-hydrogen) atoms. The van der Waals surface area contributed by atoms with Crippen LogP contribution in [0.15, 0.2) is 47.5 Å². The third-order valence-corrected chi connectivity index (χ3v) is 6.40. The number of benzene rings is 2. The highest BCUT2D eigenvalue weighted by molar-refractivity contribution is 7.48. The van der Waals surface area contributed by atoms with E-state index in [2.05, 4.69) is 69.9 Å². The quantitative estimate of drug-likeness (QED) is 0.554. The van der Waals surface area contributed by atoms with Gasteiger partial charge in [-0.3, -0.25) is 4.99 Å². The number of aryl methyl sites for hydroxylation is 1. The predicted molar refractivity (Wildman–Crippen MR) is 112 cm³/mol. The molecule has 0 aromatic heterocycles. The molecular formula is C22H30NOP. The standard InChI is InChI=1S/C22H30NOP/c1-7-22(6,18-13-10-11-16(2)20(18)24)25-19-14-9-8-12-17(19)15-23-21(3,4)5/h8-15,24-25H,7H2,1-6H3/b23-15+. The molecule has 0 aliphatic rings. The molecule has 0 heterocycles. The normalized spacial score (nSPS) is 15.1. The topological polar surface area (TPSA) is 32.6 Å². The third-order valence-electron chi connectivity index (χ3n) is 4.50. The second kappa shape index (κ2) is 7.70. The van der Waals surface area contributed by atoms with Gasteiger partial charge in [0.15, 0.2) is 0 Å². The lowest BCUT2D eigenvalue weighted by Crippen LogP contribution is -2.20. The first-order chi connectivity index (χ1) is 11.7. The second-order valence-electron chi connectivity index (χ2n) is 7.80. The summed E-state index contributed by atoms with van der Waals surface area (Å²) in [6.45, 7) is 12.7. The van der Waals surface area contributed by atoms with Gasteiger partial charge in [0.25, 0.3) is 0 Å². The molecule has 2 atom stereocenters. The lowest BCUT2D eigenvalue weighted by Gasteiger charge is -2.31. The van der Waals surface area contributed by atoms with Gasteiger partial charge in [-0.25, -0.2) is 0 Å². The summed E-state index contributed by atoms with van der Waals surface area (Å²) in [6.07, 6.45) is 2.96. The lowest BCUT2D eigenvalue weighted by atomic mass is 9.94. The Bertz CT molecular complexity index is 761. The van der Waals surface area contributed by atoms with Crippen molar-refractivity contribution in [2.75, 3.05) is 0 Å². The van der Waals surface area contributed by atoms with Crippen molar-refractivity contribution in [3.8, 4) is 5.75 Å². The van der Waals surface area contributed by atoms with Crippen molar-refractivity contribution in [2.45, 2.75) is 58.7 Å². The van der Waals surface area contributed by atoms with Crippen LogP contribution in [0.4, 0.5) is 0 Å². The van der Waals surface area contributed by atoms with Gasteiger partial charge >= 0.3 is 0 Å². The minimum absolute atomic E-state index is 0.0842. The van der Waals surface area contributed by atoms with Crippen LogP contribution < -0.4 is 5.30 Å². The summed E-state index contributed by atoms with van der Waals surface area (Å²) < 4.78 is 0. The predicted octanol–water partition coefficient (Wildman–Crippen LogP) is 5.55. The van der Waals surface area contributed by atoms with Crippen molar-refractivity contribution in [1.82, 2.24) is 0 Å². The summed E-state index contributed by atoms with van der Waals surface area (Å²) in [5.41, 5.74) is 3.06. The number of hydrogen-bond donors (Lipinski definition) is 1. The Morgan fingerprint density at radius 1 is 1.04 bits per heavy atom. The molecule has 0 aliphatic heterocycles. The Kier molecular flexibility index (Phi) is 6.06. The summed E-state index contributed by atoms with van der Waals surface area (Å²) in [7, 11) is 0.560. The molecule has 2 rings (SSSR count). The fourth-order valence-electron chi connectivity index (χ4n) is 2.73. The van der Waals surface area contributed by atoms with E-state index >= 15 is 0 Å². The average Bonchev–Trinajstić information content (AvgIpc) is 2.55. The highest BCUT2D eigenvalue weighted by Gasteiger charge is 2.29. The Morgan fingerprint density at radius 3 is 2.36 bits per heavy atom. The minimum atomic E-state index is -0.0955. The van der Waals surface area contributed by atoms with Gasteiger partial charge in [0.1, 0.15) is 5.75 Å². The van der Waals surface area contributed by atoms with Crippen LogP contribution in [0, 0.1) is 6.92 Å². The van der Waals surface area contributed by atoms with Gasteiger partial charge < -0.3 is 5.11 Å². The lowest BCUT2D eigenvalue weighted by molar-refractivity contribution is 0.452. The zero-order valence-corrected chi connectivity index (χ0v) is 17.2. The SMILES string of the molecule is CCC(C)(Pc1ccccc1/C=N/C(C)(C)C)c1cccc(C)c1O. The molecule has 0 spiro atoms. The number of nitrogens with zero attached hydrogens (tertiary/aromatic N) is 1. The van der Waals surface area contributed by atoms with E-state index in [9.17, 15) is 5.11 Å². The highest BCUT2D eigenvalue weighted by Crippen LogP contribution is 2.47. The fourth-order valence-corrected chi connectivity index (χ4v) is 4.31. The van der Waals surface area contributed by atoms with Gasteiger partial charge in [-0.15, -0.1) is 0 Å². The van der Waals surface area contributed by atoms with Gasteiger partial charge in [0.05, 0.1) is 5.54 Å². The number of phenolic OH excluding ortho intramolecular Hbond substituents is 1. The van der Waals surface area contributed by atoms with Crippen LogP contribution in [0.2, 0.25) is 0 Å². The van der Waals surface area contributed by atoms with E-state index in [1.807, 2.05) is 25.3 Å². The fraction of sp³-hybridized carbons (Fsp3) is 0.409. The van der Waals surface area contributed by atoms with E-state index in [1.54, 1.807) is 0 Å². The molecule has 0 radical (unpaired) electrons. The van der Waals surface area contributed by atoms with Crippen LogP contribution in [0.1, 0.15) is 57.7 Å². The Hall–Kier alpha value is -1.66. The molecular weight excluding hydrogens is 325 g/mol. The second-order valence-corrected chi connectivity index (χ2v) is 9.69. The molecule has 2 aromatic carbocycles. The Morgan fingerprint density at radius 2 is 1.72 bits per heavy atom. The monoisotopic (exact) mass is 355 g/mol. The molecule has 0 saturated heterocycles. The van der Waals surface area contributed by atoms with E-state index in [-0.39, 0.29) is 10.7 Å². The van der Waals surface area contributed by atoms with Gasteiger partial charge in [-0.2, -0.15) is 0 Å². The van der Waals surface area contributed by atoms with E-state index < -0.39 is 0 Å². The first-order valence-electron chi connectivity index (χ1n) is 8.88. The largest absolute Gasteiger partial charge is 0.507 e. The van der Waals surface area contributed by atoms with Crippen LogP contribution in [0.5, 0.6) is 5.75 Å². The Balaban J connectivity index is 2.43. The summed E-state index contributed by atoms with van der Waals surface area (Å²) in [5.74, 6) is 0.431. The molecule has 1 N–H and O–H groups in total. The maximum absolute atomic E-state index is 10.6. The molecule has 3 heteroatoms. The van der Waals surface area contributed by atoms with Crippen LogP contribution in [0.25, 0.3) is 0 Å². The van der Waals surface area contributed by atoms with Crippen LogP contribution in [0.3, 0.4) is 0 Å². The first kappa shape index (κ1) is 19.7. The van der Waals surface area contributed by atoms with Crippen molar-refractivity contribution in [1.29, 1.82) is 0 Å². The summed E-state index contributed by atoms with van der Waals surface area (Å²) in [6, 6.07) is 14.5. The van der Waals surface area contributed by atoms with Crippen molar-refractivity contribution in [2.24, 2.45) is 4.99 Å². The molecule has 0 amide bonds. The number of aliphatic imine (C=N–C) groups is 1. The molecule has 0 aliphatic carbocycles. The number of rotatable bonds is 5. The number of aromatic hydroxyl groups is 1. The van der Waals surface area contributed by atoms with Crippen LogP contribution >= 0.6 is 8.58 Å². The zero-order valence-electron chi connectivity index (χ0n) is 16.2. The van der Waals surface area contributed by atoms with Crippen molar-refractivity contribution >= 4 is 20.1 Å². The van der Waals surface area contributed by atoms with E-state index in [0.717, 1.165) is 17.5 Å². The van der Waals surface area contributed by atoms with Crippen molar-refractivity contribution in [3.05, 3.63) is 59.2 Å². The molecule has 0 fully saturated rings. The highest BCUT2D eigenvalue weighted by atomic mass is 31.1. The molecule has 2 unspecified atom stereocenters. The van der Waals surface area contributed by atoms with E-state index in [4.69, 9.17) is 0 Å². The zero-order chi connectivity index (χ0) is 18.7. The molecule has 2 aromatic rings. The van der Waals surface area contributed by atoms with Gasteiger partial charge in [0, 0.05) is 16.9 Å². The van der Waals surface area contributed by atoms with E-state index in [0.29, 0.717) is 14.3 Å². The van der Waals surface area contributed by atoms with E-state index in [1.165, 1.54) is 10.9 Å². The minimum Gasteiger partial charge on any atom is -0.507 e. The van der Waals surface area contributed by atoms with Gasteiger partial charge in [-0.05, 0) is 50.5 Å². The first-order valence-corrected chi connectivity index (χ1v) is 9.88. The molecule has 0 bridgehead atoms. The smallest absolute Gasteiger partial charge is 0.122 e. The summed E-state index contributed by atoms with van der Waals surface area (Å²) >= 11 is 0. The molecule has 134 valence electrons. The van der Waals surface area contributed by atoms with Crippen LogP contribution in [-0.2, 0) is 5.16 Å². The number of phenols is 1. The van der Waals surface area contributed by atoms with Gasteiger partial charge in [-0.1, -0.05) is 64.9 Å².